The largest absolute Gasteiger partial charge is 0.378 e. The molecule has 0 radical (unpaired) electrons. The molecule has 1 aliphatic heterocycles. The van der Waals surface area contributed by atoms with Crippen LogP contribution >= 0.6 is 23.1 Å². The minimum Gasteiger partial charge on any atom is -0.378 e. The lowest BCUT2D eigenvalue weighted by atomic mass is 9.89. The molecule has 1 aliphatic carbocycles. The van der Waals surface area contributed by atoms with Crippen LogP contribution in [0.15, 0.2) is 5.03 Å². The average Bonchev–Trinajstić information content (AvgIpc) is 3.03. The summed E-state index contributed by atoms with van der Waals surface area (Å²) in [5.41, 5.74) is 1.43. The first kappa shape index (κ1) is 19.2. The fraction of sp³-hybridized carbons (Fsp3) is 0.650. The molecule has 2 aromatic rings. The summed E-state index contributed by atoms with van der Waals surface area (Å²) in [6.45, 7) is 9.26. The highest BCUT2D eigenvalue weighted by molar-refractivity contribution is 8.00. The predicted molar refractivity (Wildman–Crippen MR) is 111 cm³/mol. The van der Waals surface area contributed by atoms with Gasteiger partial charge >= 0.3 is 0 Å². The molecule has 4 rings (SSSR count). The van der Waals surface area contributed by atoms with Gasteiger partial charge in [0.15, 0.2) is 0 Å². The van der Waals surface area contributed by atoms with E-state index in [1.165, 1.54) is 22.2 Å². The molecule has 7 heteroatoms. The molecule has 3 heterocycles. The Morgan fingerprint density at radius 2 is 2.11 bits per heavy atom. The summed E-state index contributed by atoms with van der Waals surface area (Å²) in [4.78, 5) is 26.8. The molecule has 27 heavy (non-hydrogen) atoms. The van der Waals surface area contributed by atoms with Gasteiger partial charge in [-0.05, 0) is 30.7 Å². The van der Waals surface area contributed by atoms with E-state index in [0.29, 0.717) is 32.1 Å². The first-order valence-corrected chi connectivity index (χ1v) is 11.6. The van der Waals surface area contributed by atoms with E-state index in [1.807, 2.05) is 16.2 Å². The molecule has 1 saturated heterocycles. The molecule has 146 valence electrons. The van der Waals surface area contributed by atoms with Crippen LogP contribution in [0.3, 0.4) is 0 Å². The van der Waals surface area contributed by atoms with Gasteiger partial charge in [0.05, 0.1) is 19.0 Å². The number of thiophene rings is 1. The minimum absolute atomic E-state index is 0.180. The highest BCUT2D eigenvalue weighted by atomic mass is 32.2. The zero-order valence-electron chi connectivity index (χ0n) is 16.3. The number of carbonyl (C=O) groups excluding carboxylic acids is 1. The van der Waals surface area contributed by atoms with Gasteiger partial charge in [-0.2, -0.15) is 0 Å². The fourth-order valence-electron chi connectivity index (χ4n) is 3.72. The number of carbonyl (C=O) groups is 1. The van der Waals surface area contributed by atoms with Crippen molar-refractivity contribution in [3.8, 4) is 0 Å². The molecule has 0 N–H and O–H groups in total. The van der Waals surface area contributed by atoms with E-state index in [9.17, 15) is 4.79 Å². The second kappa shape index (κ2) is 8.05. The Hall–Kier alpha value is -1.18. The van der Waals surface area contributed by atoms with E-state index in [2.05, 4.69) is 20.8 Å². The maximum atomic E-state index is 12.6. The van der Waals surface area contributed by atoms with Crippen LogP contribution in [-0.4, -0.2) is 52.8 Å². The average molecular weight is 406 g/mol. The summed E-state index contributed by atoms with van der Waals surface area (Å²) in [6.07, 6.45) is 3.47. The number of thioether (sulfide) groups is 1. The van der Waals surface area contributed by atoms with Crippen molar-refractivity contribution in [3.05, 3.63) is 16.3 Å². The number of morpholine rings is 1. The summed E-state index contributed by atoms with van der Waals surface area (Å²) in [6, 6.07) is 0. The van der Waals surface area contributed by atoms with Crippen LogP contribution in [0, 0.1) is 5.92 Å². The number of amides is 1. The van der Waals surface area contributed by atoms with Crippen molar-refractivity contribution in [2.24, 2.45) is 5.92 Å². The topological polar surface area (TPSA) is 55.3 Å². The number of aromatic nitrogens is 2. The van der Waals surface area contributed by atoms with Gasteiger partial charge in [0.1, 0.15) is 15.7 Å². The number of nitrogens with zero attached hydrogens (tertiary/aromatic N) is 3. The Labute approximate surface area is 168 Å². The predicted octanol–water partition coefficient (Wildman–Crippen LogP) is 3.89. The molecule has 0 bridgehead atoms. The van der Waals surface area contributed by atoms with Gasteiger partial charge in [-0.1, -0.05) is 32.5 Å². The number of hydrogen-bond donors (Lipinski definition) is 0. The number of ether oxygens (including phenoxy) is 1. The van der Waals surface area contributed by atoms with Crippen LogP contribution in [-0.2, 0) is 22.4 Å². The van der Waals surface area contributed by atoms with Gasteiger partial charge in [0, 0.05) is 29.3 Å². The molecule has 2 aromatic heterocycles. The maximum Gasteiger partial charge on any atom is 0.233 e. The van der Waals surface area contributed by atoms with E-state index in [4.69, 9.17) is 14.7 Å². The molecule has 1 atom stereocenters. The molecule has 2 aliphatic rings. The highest BCUT2D eigenvalue weighted by Gasteiger charge is 2.25. The summed E-state index contributed by atoms with van der Waals surface area (Å²) in [7, 11) is 0. The van der Waals surface area contributed by atoms with E-state index < -0.39 is 0 Å². The second-order valence-electron chi connectivity index (χ2n) is 7.86. The summed E-state index contributed by atoms with van der Waals surface area (Å²) in [5, 5.41) is 2.21. The van der Waals surface area contributed by atoms with E-state index in [1.54, 1.807) is 11.8 Å². The van der Waals surface area contributed by atoms with Crippen LogP contribution in [0.4, 0.5) is 0 Å². The normalized spacial score (nSPS) is 20.3. The zero-order valence-corrected chi connectivity index (χ0v) is 17.9. The van der Waals surface area contributed by atoms with Crippen LogP contribution in [0.2, 0.25) is 0 Å². The molecular formula is C20H27N3O2S2. The molecule has 5 nitrogen and oxygen atoms in total. The van der Waals surface area contributed by atoms with Gasteiger partial charge < -0.3 is 9.64 Å². The third kappa shape index (κ3) is 4.00. The summed E-state index contributed by atoms with van der Waals surface area (Å²) in [5.74, 6) is 2.52. The van der Waals surface area contributed by atoms with Crippen LogP contribution in [0.25, 0.3) is 10.2 Å². The molecule has 0 aromatic carbocycles. The van der Waals surface area contributed by atoms with Crippen LogP contribution in [0.1, 0.15) is 49.4 Å². The number of rotatable bonds is 4. The van der Waals surface area contributed by atoms with Crippen molar-refractivity contribution >= 4 is 39.2 Å². The quantitative estimate of drug-likeness (QED) is 0.571. The van der Waals surface area contributed by atoms with Gasteiger partial charge in [-0.3, -0.25) is 4.79 Å². The van der Waals surface area contributed by atoms with Gasteiger partial charge in [-0.25, -0.2) is 9.97 Å². The third-order valence-corrected chi connectivity index (χ3v) is 7.46. The molecule has 1 amide bonds. The monoisotopic (exact) mass is 405 g/mol. The SMILES string of the molecule is CC(C)c1nc(SCC(=O)N2CCOCC2)c2c3c(sc2n1)C[C@@H](C)CC3. The second-order valence-corrected chi connectivity index (χ2v) is 9.90. The minimum atomic E-state index is 0.180. The van der Waals surface area contributed by atoms with Crippen LogP contribution < -0.4 is 0 Å². The lowest BCUT2D eigenvalue weighted by molar-refractivity contribution is -0.132. The van der Waals surface area contributed by atoms with Gasteiger partial charge in [0.25, 0.3) is 0 Å². The third-order valence-electron chi connectivity index (χ3n) is 5.35. The lowest BCUT2D eigenvalue weighted by Crippen LogP contribution is -2.41. The van der Waals surface area contributed by atoms with E-state index in [0.717, 1.165) is 34.4 Å². The Morgan fingerprint density at radius 3 is 2.85 bits per heavy atom. The Bertz CT molecular complexity index is 843. The lowest BCUT2D eigenvalue weighted by Gasteiger charge is -2.26. The smallest absolute Gasteiger partial charge is 0.233 e. The molecule has 0 saturated carbocycles. The van der Waals surface area contributed by atoms with Crippen molar-refractivity contribution in [1.29, 1.82) is 0 Å². The number of aryl methyl sites for hydroxylation is 1. The van der Waals surface area contributed by atoms with Gasteiger partial charge in [-0.15, -0.1) is 11.3 Å². The summed E-state index contributed by atoms with van der Waals surface area (Å²) < 4.78 is 5.35. The molecule has 0 unspecified atom stereocenters. The number of hydrogen-bond acceptors (Lipinski definition) is 6. The first-order valence-electron chi connectivity index (χ1n) is 9.83. The Balaban J connectivity index is 1.64. The number of fused-ring (bicyclic) bond motifs is 3. The van der Waals surface area contributed by atoms with Crippen molar-refractivity contribution in [2.45, 2.75) is 51.0 Å². The van der Waals surface area contributed by atoms with Crippen LogP contribution in [0.5, 0.6) is 0 Å². The van der Waals surface area contributed by atoms with Crippen molar-refractivity contribution in [2.75, 3.05) is 32.1 Å². The van der Waals surface area contributed by atoms with Crippen molar-refractivity contribution in [3.63, 3.8) is 0 Å². The fourth-order valence-corrected chi connectivity index (χ4v) is 6.14. The van der Waals surface area contributed by atoms with E-state index in [-0.39, 0.29) is 11.8 Å². The maximum absolute atomic E-state index is 12.6. The Kier molecular flexibility index (Phi) is 5.71. The molecular weight excluding hydrogens is 378 g/mol. The van der Waals surface area contributed by atoms with E-state index >= 15 is 0 Å². The first-order chi connectivity index (χ1) is 13.0. The Morgan fingerprint density at radius 1 is 1.33 bits per heavy atom. The summed E-state index contributed by atoms with van der Waals surface area (Å²) >= 11 is 3.42. The molecule has 1 fully saturated rings. The van der Waals surface area contributed by atoms with Gasteiger partial charge in [0.2, 0.25) is 5.91 Å². The molecule has 0 spiro atoms. The van der Waals surface area contributed by atoms with Crippen molar-refractivity contribution < 1.29 is 9.53 Å². The zero-order chi connectivity index (χ0) is 19.0. The van der Waals surface area contributed by atoms with Crippen molar-refractivity contribution in [1.82, 2.24) is 14.9 Å². The standard InChI is InChI=1S/C20H27N3O2S2/c1-12(2)18-21-19(26-11-16(24)23-6-8-25-9-7-23)17-14-5-4-13(3)10-15(14)27-20(17)22-18/h12-13H,4-11H2,1-3H3/t13-/m0/s1. The highest BCUT2D eigenvalue weighted by Crippen LogP contribution is 2.41.